The highest BCUT2D eigenvalue weighted by atomic mass is 32.2. The average molecular weight is 354 g/mol. The molecule has 1 heterocycles. The van der Waals surface area contributed by atoms with Crippen LogP contribution in [0.5, 0.6) is 0 Å². The van der Waals surface area contributed by atoms with Crippen LogP contribution in [0.1, 0.15) is 31.4 Å². The van der Waals surface area contributed by atoms with Gasteiger partial charge >= 0.3 is 5.51 Å². The molecule has 1 aromatic heterocycles. The van der Waals surface area contributed by atoms with Crippen molar-refractivity contribution < 1.29 is 13.2 Å². The van der Waals surface area contributed by atoms with Crippen molar-refractivity contribution in [2.75, 3.05) is 17.2 Å². The third-order valence-electron chi connectivity index (χ3n) is 3.42. The largest absolute Gasteiger partial charge is 0.446 e. The van der Waals surface area contributed by atoms with Gasteiger partial charge in [0.25, 0.3) is 0 Å². The molecule has 0 saturated heterocycles. The van der Waals surface area contributed by atoms with E-state index in [0.29, 0.717) is 29.9 Å². The van der Waals surface area contributed by atoms with Gasteiger partial charge in [0.15, 0.2) is 0 Å². The van der Waals surface area contributed by atoms with Crippen molar-refractivity contribution in [3.05, 3.63) is 36.0 Å². The fraction of sp³-hybridized carbons (Fsp3) is 0.375. The van der Waals surface area contributed by atoms with Gasteiger partial charge in [-0.2, -0.15) is 18.2 Å². The van der Waals surface area contributed by atoms with Gasteiger partial charge in [-0.3, -0.25) is 0 Å². The Morgan fingerprint density at radius 1 is 1.21 bits per heavy atom. The number of nitrogens with one attached hydrogen (secondary N) is 2. The zero-order valence-corrected chi connectivity index (χ0v) is 13.8. The number of benzene rings is 1. The molecule has 0 amide bonds. The summed E-state index contributed by atoms with van der Waals surface area (Å²) in [5.74, 6) is 1.57. The van der Waals surface area contributed by atoms with E-state index in [0.717, 1.165) is 18.5 Å². The highest BCUT2D eigenvalue weighted by Gasteiger charge is 2.29. The molecule has 3 rings (SSSR count). The minimum Gasteiger partial charge on any atom is -0.354 e. The minimum atomic E-state index is -4.30. The van der Waals surface area contributed by atoms with E-state index in [-0.39, 0.29) is 16.7 Å². The summed E-state index contributed by atoms with van der Waals surface area (Å²) in [7, 11) is 0. The van der Waals surface area contributed by atoms with Crippen LogP contribution in [0.4, 0.5) is 30.6 Å². The molecular weight excluding hydrogens is 337 g/mol. The molecule has 2 aromatic rings. The SMILES string of the molecule is CCNc1nc(Nc2cccc(SC(F)(F)F)c2)cc(C2CC2)n1. The Morgan fingerprint density at radius 2 is 2.00 bits per heavy atom. The molecule has 0 aliphatic heterocycles. The normalized spacial score (nSPS) is 14.5. The van der Waals surface area contributed by atoms with Gasteiger partial charge in [0.05, 0.1) is 5.69 Å². The van der Waals surface area contributed by atoms with E-state index in [1.54, 1.807) is 12.1 Å². The van der Waals surface area contributed by atoms with Crippen LogP contribution in [0.25, 0.3) is 0 Å². The van der Waals surface area contributed by atoms with Crippen LogP contribution >= 0.6 is 11.8 Å². The molecule has 0 unspecified atom stereocenters. The van der Waals surface area contributed by atoms with Gasteiger partial charge in [-0.15, -0.1) is 0 Å². The Morgan fingerprint density at radius 3 is 2.67 bits per heavy atom. The van der Waals surface area contributed by atoms with Crippen molar-refractivity contribution in [2.45, 2.75) is 36.1 Å². The first-order chi connectivity index (χ1) is 11.4. The summed E-state index contributed by atoms with van der Waals surface area (Å²) < 4.78 is 37.5. The predicted molar refractivity (Wildman–Crippen MR) is 89.8 cm³/mol. The highest BCUT2D eigenvalue weighted by Crippen LogP contribution is 2.40. The first kappa shape index (κ1) is 16.9. The number of anilines is 3. The molecule has 1 fully saturated rings. The predicted octanol–water partition coefficient (Wildman–Crippen LogP) is 5.14. The zero-order chi connectivity index (χ0) is 17.2. The van der Waals surface area contributed by atoms with E-state index in [1.807, 2.05) is 13.0 Å². The standard InChI is InChI=1S/C16H17F3N4S/c1-2-20-15-22-13(10-6-7-10)9-14(23-15)21-11-4-3-5-12(8-11)24-16(17,18)19/h3-5,8-10H,2,6-7H2,1H3,(H2,20,21,22,23). The molecule has 24 heavy (non-hydrogen) atoms. The Kier molecular flexibility index (Phi) is 4.84. The fourth-order valence-corrected chi connectivity index (χ4v) is 2.87. The first-order valence-corrected chi connectivity index (χ1v) is 8.50. The third kappa shape index (κ3) is 4.77. The molecule has 0 radical (unpaired) electrons. The number of thioether (sulfide) groups is 1. The van der Waals surface area contributed by atoms with Gasteiger partial charge in [0.1, 0.15) is 5.82 Å². The summed E-state index contributed by atoms with van der Waals surface area (Å²) >= 11 is -0.130. The Hall–Kier alpha value is -1.96. The zero-order valence-electron chi connectivity index (χ0n) is 13.0. The van der Waals surface area contributed by atoms with Gasteiger partial charge < -0.3 is 10.6 Å². The average Bonchev–Trinajstić information content (AvgIpc) is 3.30. The Balaban J connectivity index is 1.81. The van der Waals surface area contributed by atoms with Gasteiger partial charge in [-0.1, -0.05) is 6.07 Å². The molecule has 1 aromatic carbocycles. The highest BCUT2D eigenvalue weighted by molar-refractivity contribution is 8.00. The molecule has 1 aliphatic rings. The number of hydrogen-bond acceptors (Lipinski definition) is 5. The number of hydrogen-bond donors (Lipinski definition) is 2. The lowest BCUT2D eigenvalue weighted by atomic mass is 10.2. The molecule has 0 atom stereocenters. The van der Waals surface area contributed by atoms with E-state index in [2.05, 4.69) is 20.6 Å². The van der Waals surface area contributed by atoms with Crippen molar-refractivity contribution in [1.29, 1.82) is 0 Å². The van der Waals surface area contributed by atoms with Crippen molar-refractivity contribution >= 4 is 29.2 Å². The molecule has 0 spiro atoms. The van der Waals surface area contributed by atoms with Crippen molar-refractivity contribution in [3.8, 4) is 0 Å². The summed E-state index contributed by atoms with van der Waals surface area (Å²) in [5, 5.41) is 6.16. The first-order valence-electron chi connectivity index (χ1n) is 7.68. The fourth-order valence-electron chi connectivity index (χ4n) is 2.27. The van der Waals surface area contributed by atoms with E-state index >= 15 is 0 Å². The molecule has 4 nitrogen and oxygen atoms in total. The number of nitrogens with zero attached hydrogens (tertiary/aromatic N) is 2. The van der Waals surface area contributed by atoms with E-state index in [4.69, 9.17) is 0 Å². The topological polar surface area (TPSA) is 49.8 Å². The van der Waals surface area contributed by atoms with E-state index in [9.17, 15) is 13.2 Å². The summed E-state index contributed by atoms with van der Waals surface area (Å²) in [4.78, 5) is 8.98. The van der Waals surface area contributed by atoms with Crippen molar-refractivity contribution in [2.24, 2.45) is 0 Å². The Labute approximate surface area is 142 Å². The van der Waals surface area contributed by atoms with Crippen LogP contribution in [0.2, 0.25) is 0 Å². The number of alkyl halides is 3. The molecule has 128 valence electrons. The second kappa shape index (κ2) is 6.88. The summed E-state index contributed by atoms with van der Waals surface area (Å²) in [6.07, 6.45) is 2.22. The third-order valence-corrected chi connectivity index (χ3v) is 4.14. The van der Waals surface area contributed by atoms with Crippen LogP contribution in [0.15, 0.2) is 35.2 Å². The maximum absolute atomic E-state index is 12.5. The Bertz CT molecular complexity index is 717. The molecule has 2 N–H and O–H groups in total. The van der Waals surface area contributed by atoms with Crippen LogP contribution in [0, 0.1) is 0 Å². The summed E-state index contributed by atoms with van der Waals surface area (Å²) in [5.41, 5.74) is -2.78. The maximum Gasteiger partial charge on any atom is 0.446 e. The van der Waals surface area contributed by atoms with E-state index in [1.165, 1.54) is 12.1 Å². The quantitative estimate of drug-likeness (QED) is 0.703. The van der Waals surface area contributed by atoms with Crippen LogP contribution < -0.4 is 10.6 Å². The van der Waals surface area contributed by atoms with Gasteiger partial charge in [-0.05, 0) is 49.7 Å². The molecule has 1 aliphatic carbocycles. The summed E-state index contributed by atoms with van der Waals surface area (Å²) in [6, 6.07) is 8.06. The second-order valence-electron chi connectivity index (χ2n) is 5.51. The monoisotopic (exact) mass is 354 g/mol. The smallest absolute Gasteiger partial charge is 0.354 e. The van der Waals surface area contributed by atoms with Crippen molar-refractivity contribution in [1.82, 2.24) is 9.97 Å². The number of aromatic nitrogens is 2. The minimum absolute atomic E-state index is 0.130. The molecule has 1 saturated carbocycles. The van der Waals surface area contributed by atoms with E-state index < -0.39 is 5.51 Å². The lowest BCUT2D eigenvalue weighted by Gasteiger charge is -2.11. The van der Waals surface area contributed by atoms with Gasteiger partial charge in [0, 0.05) is 29.1 Å². The van der Waals surface area contributed by atoms with Crippen LogP contribution in [-0.4, -0.2) is 22.0 Å². The second-order valence-corrected chi connectivity index (χ2v) is 6.65. The maximum atomic E-state index is 12.5. The molecule has 0 bridgehead atoms. The van der Waals surface area contributed by atoms with Gasteiger partial charge in [0.2, 0.25) is 5.95 Å². The van der Waals surface area contributed by atoms with Crippen LogP contribution in [-0.2, 0) is 0 Å². The summed E-state index contributed by atoms with van der Waals surface area (Å²) in [6.45, 7) is 2.66. The number of halogens is 3. The number of rotatable bonds is 6. The molecular formula is C16H17F3N4S. The van der Waals surface area contributed by atoms with Crippen molar-refractivity contribution in [3.63, 3.8) is 0 Å². The lowest BCUT2D eigenvalue weighted by Crippen LogP contribution is -2.06. The van der Waals surface area contributed by atoms with Gasteiger partial charge in [-0.25, -0.2) is 4.98 Å². The lowest BCUT2D eigenvalue weighted by molar-refractivity contribution is -0.0328. The van der Waals surface area contributed by atoms with Crippen LogP contribution in [0.3, 0.4) is 0 Å². The molecule has 8 heteroatoms.